The van der Waals surface area contributed by atoms with Gasteiger partial charge in [0.25, 0.3) is 5.91 Å². The average Bonchev–Trinajstić information content (AvgIpc) is 3.05. The summed E-state index contributed by atoms with van der Waals surface area (Å²) in [5, 5.41) is 1.17. The van der Waals surface area contributed by atoms with Gasteiger partial charge in [0.2, 0.25) is 0 Å². The van der Waals surface area contributed by atoms with Crippen molar-refractivity contribution in [1.82, 2.24) is 9.80 Å². The maximum Gasteiger partial charge on any atom is 0.263 e. The molecule has 1 unspecified atom stereocenters. The van der Waals surface area contributed by atoms with Gasteiger partial charge in [-0.3, -0.25) is 9.69 Å². The minimum absolute atomic E-state index is 0.199. The van der Waals surface area contributed by atoms with E-state index in [0.717, 1.165) is 50.5 Å². The van der Waals surface area contributed by atoms with Gasteiger partial charge in [-0.05, 0) is 37.3 Å². The zero-order valence-electron chi connectivity index (χ0n) is 14.1. The van der Waals surface area contributed by atoms with Gasteiger partial charge >= 0.3 is 0 Å². The zero-order valence-corrected chi connectivity index (χ0v) is 14.9. The Hall–Kier alpha value is -1.43. The van der Waals surface area contributed by atoms with E-state index in [1.807, 2.05) is 23.1 Å². The number of ether oxygens (including phenoxy) is 1. The van der Waals surface area contributed by atoms with E-state index in [2.05, 4.69) is 24.0 Å². The van der Waals surface area contributed by atoms with Gasteiger partial charge in [0.15, 0.2) is 0 Å². The third kappa shape index (κ3) is 3.21. The van der Waals surface area contributed by atoms with Crippen LogP contribution in [-0.4, -0.2) is 60.6 Å². The fraction of sp³-hybridized carbons (Fsp3) is 0.526. The summed E-state index contributed by atoms with van der Waals surface area (Å²) < 4.78 is 6.83. The first-order chi connectivity index (χ1) is 11.7. The van der Waals surface area contributed by atoms with Crippen LogP contribution in [0.15, 0.2) is 30.3 Å². The van der Waals surface area contributed by atoms with Crippen LogP contribution in [0.25, 0.3) is 10.1 Å². The number of benzene rings is 1. The first kappa shape index (κ1) is 16.1. The lowest BCUT2D eigenvalue weighted by Crippen LogP contribution is -2.51. The number of thiophene rings is 1. The fourth-order valence-corrected chi connectivity index (χ4v) is 4.88. The second kappa shape index (κ2) is 6.82. The molecule has 3 heterocycles. The van der Waals surface area contributed by atoms with Crippen molar-refractivity contribution >= 4 is 27.3 Å². The van der Waals surface area contributed by atoms with Crippen LogP contribution in [0.5, 0.6) is 0 Å². The van der Waals surface area contributed by atoms with Gasteiger partial charge < -0.3 is 9.64 Å². The number of carbonyl (C=O) groups excluding carboxylic acids is 1. The first-order valence-corrected chi connectivity index (χ1v) is 9.66. The first-order valence-electron chi connectivity index (χ1n) is 8.84. The normalized spacial score (nSPS) is 23.7. The molecule has 2 aliphatic rings. The summed E-state index contributed by atoms with van der Waals surface area (Å²) in [5.41, 5.74) is 0. The number of hydrogen-bond acceptors (Lipinski definition) is 4. The standard InChI is InChI=1S/C19H24N2O2S/c1-14-13-21(10-11-23-14)16-6-8-20(9-7-16)19(22)18-12-15-4-2-3-5-17(15)24-18/h2-5,12,14,16H,6-11,13H2,1H3. The number of piperidine rings is 1. The third-order valence-corrected chi connectivity index (χ3v) is 6.28. The molecule has 1 atom stereocenters. The number of rotatable bonds is 2. The molecule has 24 heavy (non-hydrogen) atoms. The molecular weight excluding hydrogens is 320 g/mol. The number of morpholine rings is 1. The van der Waals surface area contributed by atoms with Gasteiger partial charge in [0, 0.05) is 36.9 Å². The maximum absolute atomic E-state index is 12.8. The monoisotopic (exact) mass is 344 g/mol. The van der Waals surface area contributed by atoms with Crippen LogP contribution in [0.3, 0.4) is 0 Å². The minimum Gasteiger partial charge on any atom is -0.376 e. The minimum atomic E-state index is 0.199. The molecule has 0 N–H and O–H groups in total. The molecule has 0 bridgehead atoms. The number of nitrogens with zero attached hydrogens (tertiary/aromatic N) is 2. The molecule has 2 aromatic rings. The van der Waals surface area contributed by atoms with E-state index in [1.54, 1.807) is 11.3 Å². The molecule has 128 valence electrons. The van der Waals surface area contributed by atoms with Crippen molar-refractivity contribution in [3.8, 4) is 0 Å². The van der Waals surface area contributed by atoms with Crippen LogP contribution in [0.2, 0.25) is 0 Å². The lowest BCUT2D eigenvalue weighted by molar-refractivity contribution is -0.0423. The number of amides is 1. The SMILES string of the molecule is CC1CN(C2CCN(C(=O)c3cc4ccccc4s3)CC2)CCO1. The lowest BCUT2D eigenvalue weighted by Gasteiger charge is -2.41. The molecule has 2 fully saturated rings. The van der Waals surface area contributed by atoms with E-state index in [0.29, 0.717) is 12.1 Å². The predicted octanol–water partition coefficient (Wildman–Crippen LogP) is 3.23. The Labute approximate surface area is 147 Å². The van der Waals surface area contributed by atoms with Crippen LogP contribution in [0, 0.1) is 0 Å². The van der Waals surface area contributed by atoms with Crippen LogP contribution in [0.4, 0.5) is 0 Å². The highest BCUT2D eigenvalue weighted by Crippen LogP contribution is 2.28. The highest BCUT2D eigenvalue weighted by Gasteiger charge is 2.30. The van der Waals surface area contributed by atoms with E-state index >= 15 is 0 Å². The molecule has 0 radical (unpaired) electrons. The number of hydrogen-bond donors (Lipinski definition) is 0. The van der Waals surface area contributed by atoms with Crippen molar-refractivity contribution in [2.45, 2.75) is 31.9 Å². The van der Waals surface area contributed by atoms with Crippen molar-refractivity contribution in [2.75, 3.05) is 32.8 Å². The summed E-state index contributed by atoms with van der Waals surface area (Å²) >= 11 is 1.61. The number of carbonyl (C=O) groups is 1. The average molecular weight is 344 g/mol. The zero-order chi connectivity index (χ0) is 16.5. The fourth-order valence-electron chi connectivity index (χ4n) is 3.85. The van der Waals surface area contributed by atoms with Crippen LogP contribution < -0.4 is 0 Å². The molecule has 1 aromatic heterocycles. The third-order valence-electron chi connectivity index (χ3n) is 5.18. The Morgan fingerprint density at radius 3 is 2.75 bits per heavy atom. The molecule has 0 spiro atoms. The smallest absolute Gasteiger partial charge is 0.263 e. The van der Waals surface area contributed by atoms with Crippen molar-refractivity contribution < 1.29 is 9.53 Å². The molecule has 0 saturated carbocycles. The van der Waals surface area contributed by atoms with Gasteiger partial charge in [0.1, 0.15) is 0 Å². The number of likely N-dealkylation sites (tertiary alicyclic amines) is 1. The van der Waals surface area contributed by atoms with E-state index in [1.165, 1.54) is 10.1 Å². The van der Waals surface area contributed by atoms with E-state index in [-0.39, 0.29) is 5.91 Å². The van der Waals surface area contributed by atoms with Gasteiger partial charge in [-0.2, -0.15) is 0 Å². The summed E-state index contributed by atoms with van der Waals surface area (Å²) in [4.78, 5) is 18.3. The topological polar surface area (TPSA) is 32.8 Å². The Morgan fingerprint density at radius 1 is 1.21 bits per heavy atom. The highest BCUT2D eigenvalue weighted by molar-refractivity contribution is 7.20. The van der Waals surface area contributed by atoms with Gasteiger partial charge in [-0.15, -0.1) is 11.3 Å². The van der Waals surface area contributed by atoms with Crippen molar-refractivity contribution in [1.29, 1.82) is 0 Å². The maximum atomic E-state index is 12.8. The van der Waals surface area contributed by atoms with E-state index < -0.39 is 0 Å². The second-order valence-electron chi connectivity index (χ2n) is 6.85. The predicted molar refractivity (Wildman–Crippen MR) is 97.7 cm³/mol. The number of fused-ring (bicyclic) bond motifs is 1. The Morgan fingerprint density at radius 2 is 2.00 bits per heavy atom. The van der Waals surface area contributed by atoms with Crippen molar-refractivity contribution in [2.24, 2.45) is 0 Å². The van der Waals surface area contributed by atoms with Crippen LogP contribution >= 0.6 is 11.3 Å². The molecular formula is C19H24N2O2S. The van der Waals surface area contributed by atoms with Crippen LogP contribution in [0.1, 0.15) is 29.4 Å². The molecule has 4 nitrogen and oxygen atoms in total. The largest absolute Gasteiger partial charge is 0.376 e. The van der Waals surface area contributed by atoms with Crippen molar-refractivity contribution in [3.05, 3.63) is 35.2 Å². The van der Waals surface area contributed by atoms with E-state index in [9.17, 15) is 4.79 Å². The van der Waals surface area contributed by atoms with Crippen molar-refractivity contribution in [3.63, 3.8) is 0 Å². The summed E-state index contributed by atoms with van der Waals surface area (Å²) in [6.45, 7) is 6.76. The quantitative estimate of drug-likeness (QED) is 0.838. The Kier molecular flexibility index (Phi) is 4.57. The van der Waals surface area contributed by atoms with Gasteiger partial charge in [0.05, 0.1) is 17.6 Å². The van der Waals surface area contributed by atoms with Gasteiger partial charge in [-0.1, -0.05) is 18.2 Å². The molecule has 1 amide bonds. The Balaban J connectivity index is 1.39. The second-order valence-corrected chi connectivity index (χ2v) is 7.93. The molecule has 2 aliphatic heterocycles. The van der Waals surface area contributed by atoms with E-state index in [4.69, 9.17) is 4.74 Å². The highest BCUT2D eigenvalue weighted by atomic mass is 32.1. The summed E-state index contributed by atoms with van der Waals surface area (Å²) in [7, 11) is 0. The van der Waals surface area contributed by atoms with Gasteiger partial charge in [-0.25, -0.2) is 0 Å². The summed E-state index contributed by atoms with van der Waals surface area (Å²) in [5.74, 6) is 0.199. The lowest BCUT2D eigenvalue weighted by atomic mass is 10.0. The summed E-state index contributed by atoms with van der Waals surface area (Å²) in [6, 6.07) is 10.9. The summed E-state index contributed by atoms with van der Waals surface area (Å²) in [6.07, 6.45) is 2.48. The Bertz CT molecular complexity index is 688. The van der Waals surface area contributed by atoms with Crippen LogP contribution in [-0.2, 0) is 4.74 Å². The molecule has 4 rings (SSSR count). The molecule has 5 heteroatoms. The molecule has 1 aromatic carbocycles. The molecule has 0 aliphatic carbocycles. The molecule has 2 saturated heterocycles.